The standard InChI is InChI=1S/C12H14N4S/c13-9-3-1-2-4-10-8(9)5-14-12(16-10)11-6-17-7-15-11/h5-7,9H,1-4,13H2. The fourth-order valence-electron chi connectivity index (χ4n) is 2.19. The van der Waals surface area contributed by atoms with Gasteiger partial charge >= 0.3 is 0 Å². The molecule has 2 N–H and O–H groups in total. The van der Waals surface area contributed by atoms with Crippen LogP contribution in [-0.4, -0.2) is 15.0 Å². The molecule has 1 aliphatic rings. The summed E-state index contributed by atoms with van der Waals surface area (Å²) in [7, 11) is 0. The predicted octanol–water partition coefficient (Wildman–Crippen LogP) is 2.33. The molecule has 1 aliphatic carbocycles. The molecule has 1 atom stereocenters. The zero-order valence-corrected chi connectivity index (χ0v) is 10.3. The molecule has 4 nitrogen and oxygen atoms in total. The number of hydrogen-bond acceptors (Lipinski definition) is 5. The van der Waals surface area contributed by atoms with Crippen LogP contribution in [0.2, 0.25) is 0 Å². The van der Waals surface area contributed by atoms with Crippen LogP contribution < -0.4 is 5.73 Å². The Hall–Kier alpha value is -1.33. The van der Waals surface area contributed by atoms with Crippen LogP contribution in [0.4, 0.5) is 0 Å². The van der Waals surface area contributed by atoms with Crippen molar-refractivity contribution in [2.24, 2.45) is 5.73 Å². The molecule has 0 saturated heterocycles. The minimum atomic E-state index is 0.0944. The number of aryl methyl sites for hydroxylation is 1. The minimum Gasteiger partial charge on any atom is -0.324 e. The first-order valence-electron chi connectivity index (χ1n) is 5.84. The molecule has 3 rings (SSSR count). The lowest BCUT2D eigenvalue weighted by atomic mass is 10.1. The fraction of sp³-hybridized carbons (Fsp3) is 0.417. The van der Waals surface area contributed by atoms with Crippen molar-refractivity contribution in [1.82, 2.24) is 15.0 Å². The Morgan fingerprint density at radius 3 is 3.06 bits per heavy atom. The van der Waals surface area contributed by atoms with Gasteiger partial charge in [0.05, 0.1) is 5.51 Å². The van der Waals surface area contributed by atoms with Crippen molar-refractivity contribution in [2.45, 2.75) is 31.7 Å². The Labute approximate surface area is 104 Å². The monoisotopic (exact) mass is 246 g/mol. The van der Waals surface area contributed by atoms with Crippen molar-refractivity contribution in [3.05, 3.63) is 28.3 Å². The van der Waals surface area contributed by atoms with Crippen LogP contribution in [-0.2, 0) is 6.42 Å². The van der Waals surface area contributed by atoms with E-state index in [0.29, 0.717) is 0 Å². The topological polar surface area (TPSA) is 64.7 Å². The fourth-order valence-corrected chi connectivity index (χ4v) is 2.73. The number of aromatic nitrogens is 3. The van der Waals surface area contributed by atoms with Crippen LogP contribution in [0.1, 0.15) is 36.6 Å². The van der Waals surface area contributed by atoms with Crippen LogP contribution in [0.15, 0.2) is 17.1 Å². The highest BCUT2D eigenvalue weighted by molar-refractivity contribution is 7.07. The summed E-state index contributed by atoms with van der Waals surface area (Å²) < 4.78 is 0. The maximum Gasteiger partial charge on any atom is 0.179 e. The van der Waals surface area contributed by atoms with E-state index in [1.54, 1.807) is 16.8 Å². The molecule has 2 aromatic rings. The smallest absolute Gasteiger partial charge is 0.179 e. The molecule has 88 valence electrons. The van der Waals surface area contributed by atoms with E-state index < -0.39 is 0 Å². The van der Waals surface area contributed by atoms with Crippen LogP contribution in [0.3, 0.4) is 0 Å². The molecule has 0 radical (unpaired) electrons. The van der Waals surface area contributed by atoms with Gasteiger partial charge in [-0.25, -0.2) is 15.0 Å². The summed E-state index contributed by atoms with van der Waals surface area (Å²) in [6.45, 7) is 0. The van der Waals surface area contributed by atoms with E-state index in [9.17, 15) is 0 Å². The molecule has 0 aromatic carbocycles. The van der Waals surface area contributed by atoms with E-state index in [-0.39, 0.29) is 6.04 Å². The second-order valence-corrected chi connectivity index (χ2v) is 5.04. The van der Waals surface area contributed by atoms with Gasteiger partial charge in [-0.15, -0.1) is 11.3 Å². The zero-order chi connectivity index (χ0) is 11.7. The van der Waals surface area contributed by atoms with E-state index in [0.717, 1.165) is 42.0 Å². The predicted molar refractivity (Wildman–Crippen MR) is 67.6 cm³/mol. The van der Waals surface area contributed by atoms with E-state index >= 15 is 0 Å². The van der Waals surface area contributed by atoms with Gasteiger partial charge in [-0.05, 0) is 19.3 Å². The summed E-state index contributed by atoms with van der Waals surface area (Å²) in [5, 5.41) is 1.97. The molecular formula is C12H14N4S. The molecule has 5 heteroatoms. The second-order valence-electron chi connectivity index (χ2n) is 4.32. The average molecular weight is 246 g/mol. The molecular weight excluding hydrogens is 232 g/mol. The Kier molecular flexibility index (Phi) is 2.86. The first-order chi connectivity index (χ1) is 8.34. The van der Waals surface area contributed by atoms with Gasteiger partial charge in [0, 0.05) is 28.9 Å². The lowest BCUT2D eigenvalue weighted by Gasteiger charge is -2.11. The van der Waals surface area contributed by atoms with Crippen LogP contribution >= 0.6 is 11.3 Å². The number of nitrogens with zero attached hydrogens (tertiary/aromatic N) is 3. The highest BCUT2D eigenvalue weighted by Gasteiger charge is 2.18. The Morgan fingerprint density at radius 1 is 1.29 bits per heavy atom. The van der Waals surface area contributed by atoms with Crippen LogP contribution in [0.25, 0.3) is 11.5 Å². The third kappa shape index (κ3) is 2.08. The molecule has 2 heterocycles. The largest absolute Gasteiger partial charge is 0.324 e. The molecule has 0 saturated carbocycles. The molecule has 0 aliphatic heterocycles. The van der Waals surface area contributed by atoms with E-state index in [4.69, 9.17) is 5.73 Å². The van der Waals surface area contributed by atoms with Gasteiger partial charge in [0.2, 0.25) is 0 Å². The number of rotatable bonds is 1. The van der Waals surface area contributed by atoms with Gasteiger partial charge in [0.15, 0.2) is 5.82 Å². The number of thiazole rings is 1. The Morgan fingerprint density at radius 2 is 2.24 bits per heavy atom. The molecule has 0 bridgehead atoms. The zero-order valence-electron chi connectivity index (χ0n) is 9.47. The molecule has 1 unspecified atom stereocenters. The van der Waals surface area contributed by atoms with Gasteiger partial charge in [-0.2, -0.15) is 0 Å². The molecule has 0 amide bonds. The summed E-state index contributed by atoms with van der Waals surface area (Å²) in [6, 6.07) is 0.0944. The Balaban J connectivity index is 2.03. The normalized spacial score (nSPS) is 19.7. The maximum absolute atomic E-state index is 6.12. The minimum absolute atomic E-state index is 0.0944. The third-order valence-electron chi connectivity index (χ3n) is 3.14. The lowest BCUT2D eigenvalue weighted by molar-refractivity contribution is 0.614. The molecule has 17 heavy (non-hydrogen) atoms. The summed E-state index contributed by atoms with van der Waals surface area (Å²) in [4.78, 5) is 13.2. The summed E-state index contributed by atoms with van der Waals surface area (Å²) in [6.07, 6.45) is 6.25. The first kappa shape index (κ1) is 10.8. The van der Waals surface area contributed by atoms with Crippen molar-refractivity contribution in [1.29, 1.82) is 0 Å². The van der Waals surface area contributed by atoms with Crippen LogP contribution in [0, 0.1) is 0 Å². The van der Waals surface area contributed by atoms with Crippen LogP contribution in [0.5, 0.6) is 0 Å². The highest BCUT2D eigenvalue weighted by Crippen LogP contribution is 2.26. The van der Waals surface area contributed by atoms with Gasteiger partial charge in [-0.1, -0.05) is 6.42 Å². The number of nitrogens with two attached hydrogens (primary N) is 1. The summed E-state index contributed by atoms with van der Waals surface area (Å²) >= 11 is 1.56. The van der Waals surface area contributed by atoms with Crippen molar-refractivity contribution >= 4 is 11.3 Å². The maximum atomic E-state index is 6.12. The number of fused-ring (bicyclic) bond motifs is 1. The third-order valence-corrected chi connectivity index (χ3v) is 3.73. The van der Waals surface area contributed by atoms with Crippen molar-refractivity contribution in [2.75, 3.05) is 0 Å². The summed E-state index contributed by atoms with van der Waals surface area (Å²) in [5.74, 6) is 0.721. The van der Waals surface area contributed by atoms with E-state index in [2.05, 4.69) is 15.0 Å². The van der Waals surface area contributed by atoms with Crippen molar-refractivity contribution in [3.63, 3.8) is 0 Å². The lowest BCUT2D eigenvalue weighted by Crippen LogP contribution is -2.12. The highest BCUT2D eigenvalue weighted by atomic mass is 32.1. The first-order valence-corrected chi connectivity index (χ1v) is 6.79. The van der Waals surface area contributed by atoms with Crippen molar-refractivity contribution < 1.29 is 0 Å². The Bertz CT molecular complexity index is 509. The SMILES string of the molecule is NC1CCCCc2nc(-c3cscn3)ncc21. The quantitative estimate of drug-likeness (QED) is 0.784. The second kappa shape index (κ2) is 4.50. The molecule has 0 fully saturated rings. The van der Waals surface area contributed by atoms with Gasteiger partial charge in [0.25, 0.3) is 0 Å². The summed E-state index contributed by atoms with van der Waals surface area (Å²) in [5.41, 5.74) is 11.0. The van der Waals surface area contributed by atoms with E-state index in [1.165, 1.54) is 6.42 Å². The average Bonchev–Trinajstić information content (AvgIpc) is 2.82. The van der Waals surface area contributed by atoms with Gasteiger partial charge in [-0.3, -0.25) is 0 Å². The van der Waals surface area contributed by atoms with Crippen molar-refractivity contribution in [3.8, 4) is 11.5 Å². The van der Waals surface area contributed by atoms with E-state index in [1.807, 2.05) is 11.6 Å². The van der Waals surface area contributed by atoms with Gasteiger partial charge in [0.1, 0.15) is 5.69 Å². The molecule has 2 aromatic heterocycles. The molecule has 0 spiro atoms. The van der Waals surface area contributed by atoms with Gasteiger partial charge < -0.3 is 5.73 Å². The number of hydrogen-bond donors (Lipinski definition) is 1.